The molecular weight excluding hydrogens is 222 g/mol. The SMILES string of the molecule is CC(N)c1cccc2cnc(-c3ccccc3)n12. The molecule has 0 aliphatic rings. The highest BCUT2D eigenvalue weighted by Gasteiger charge is 2.11. The van der Waals surface area contributed by atoms with Crippen LogP contribution in [0.25, 0.3) is 16.9 Å². The Kier molecular flexibility index (Phi) is 2.61. The van der Waals surface area contributed by atoms with Crippen LogP contribution in [-0.4, -0.2) is 9.38 Å². The zero-order valence-electron chi connectivity index (χ0n) is 10.2. The first kappa shape index (κ1) is 11.0. The van der Waals surface area contributed by atoms with Crippen LogP contribution in [0.3, 0.4) is 0 Å². The Morgan fingerprint density at radius 2 is 1.83 bits per heavy atom. The Morgan fingerprint density at radius 1 is 1.06 bits per heavy atom. The number of imidazole rings is 1. The third-order valence-electron chi connectivity index (χ3n) is 3.08. The minimum Gasteiger partial charge on any atom is -0.323 e. The number of nitrogens with zero attached hydrogens (tertiary/aromatic N) is 2. The topological polar surface area (TPSA) is 43.3 Å². The molecule has 0 saturated heterocycles. The zero-order chi connectivity index (χ0) is 12.5. The first-order valence-corrected chi connectivity index (χ1v) is 6.05. The lowest BCUT2D eigenvalue weighted by atomic mass is 10.2. The van der Waals surface area contributed by atoms with Gasteiger partial charge < -0.3 is 5.73 Å². The summed E-state index contributed by atoms with van der Waals surface area (Å²) in [4.78, 5) is 4.52. The second-order valence-electron chi connectivity index (χ2n) is 4.45. The lowest BCUT2D eigenvalue weighted by Crippen LogP contribution is -2.10. The van der Waals surface area contributed by atoms with Crippen molar-refractivity contribution in [1.82, 2.24) is 9.38 Å². The second kappa shape index (κ2) is 4.27. The Morgan fingerprint density at radius 3 is 2.56 bits per heavy atom. The van der Waals surface area contributed by atoms with Crippen LogP contribution >= 0.6 is 0 Å². The van der Waals surface area contributed by atoms with Gasteiger partial charge in [0.25, 0.3) is 0 Å². The van der Waals surface area contributed by atoms with Crippen LogP contribution in [0.2, 0.25) is 0 Å². The highest BCUT2D eigenvalue weighted by atomic mass is 15.0. The fourth-order valence-corrected chi connectivity index (χ4v) is 2.22. The molecule has 0 aliphatic carbocycles. The van der Waals surface area contributed by atoms with Gasteiger partial charge in [0, 0.05) is 17.3 Å². The van der Waals surface area contributed by atoms with Gasteiger partial charge in [-0.2, -0.15) is 0 Å². The molecule has 2 N–H and O–H groups in total. The van der Waals surface area contributed by atoms with E-state index in [9.17, 15) is 0 Å². The Bertz CT molecular complexity index is 669. The molecule has 3 rings (SSSR count). The number of rotatable bonds is 2. The summed E-state index contributed by atoms with van der Waals surface area (Å²) in [5.74, 6) is 0.943. The van der Waals surface area contributed by atoms with Crippen LogP contribution in [0.15, 0.2) is 54.7 Å². The maximum atomic E-state index is 6.04. The minimum absolute atomic E-state index is 0.0228. The number of benzene rings is 1. The number of pyridine rings is 1. The highest BCUT2D eigenvalue weighted by Crippen LogP contribution is 2.23. The van der Waals surface area contributed by atoms with Crippen molar-refractivity contribution < 1.29 is 0 Å². The fraction of sp³-hybridized carbons (Fsp3) is 0.133. The summed E-state index contributed by atoms with van der Waals surface area (Å²) in [6.45, 7) is 1.99. The first-order valence-electron chi connectivity index (χ1n) is 6.05. The maximum Gasteiger partial charge on any atom is 0.144 e. The number of hydrogen-bond donors (Lipinski definition) is 1. The van der Waals surface area contributed by atoms with E-state index in [1.54, 1.807) is 0 Å². The molecule has 3 nitrogen and oxygen atoms in total. The number of hydrogen-bond acceptors (Lipinski definition) is 2. The average Bonchev–Trinajstić information content (AvgIpc) is 2.83. The van der Waals surface area contributed by atoms with Gasteiger partial charge in [0.2, 0.25) is 0 Å². The molecule has 90 valence electrons. The van der Waals surface area contributed by atoms with E-state index in [2.05, 4.69) is 21.5 Å². The van der Waals surface area contributed by atoms with Gasteiger partial charge in [0.05, 0.1) is 11.7 Å². The summed E-state index contributed by atoms with van der Waals surface area (Å²) in [5.41, 5.74) is 9.29. The van der Waals surface area contributed by atoms with Crippen LogP contribution in [0, 0.1) is 0 Å². The van der Waals surface area contributed by atoms with Crippen molar-refractivity contribution in [2.24, 2.45) is 5.73 Å². The smallest absolute Gasteiger partial charge is 0.144 e. The van der Waals surface area contributed by atoms with Gasteiger partial charge in [-0.25, -0.2) is 4.98 Å². The second-order valence-corrected chi connectivity index (χ2v) is 4.45. The van der Waals surface area contributed by atoms with Crippen molar-refractivity contribution in [3.8, 4) is 11.4 Å². The molecule has 0 fully saturated rings. The molecule has 2 heterocycles. The predicted molar refractivity (Wildman–Crippen MR) is 73.2 cm³/mol. The molecule has 0 bridgehead atoms. The predicted octanol–water partition coefficient (Wildman–Crippen LogP) is 3.02. The first-order chi connectivity index (χ1) is 8.77. The molecule has 0 spiro atoms. The third kappa shape index (κ3) is 1.69. The van der Waals surface area contributed by atoms with Gasteiger partial charge in [-0.15, -0.1) is 0 Å². The van der Waals surface area contributed by atoms with Gasteiger partial charge >= 0.3 is 0 Å². The molecular formula is C15H15N3. The van der Waals surface area contributed by atoms with Gasteiger partial charge in [-0.1, -0.05) is 36.4 Å². The summed E-state index contributed by atoms with van der Waals surface area (Å²) in [7, 11) is 0. The van der Waals surface area contributed by atoms with Gasteiger partial charge in [0.15, 0.2) is 0 Å². The third-order valence-corrected chi connectivity index (χ3v) is 3.08. The Hall–Kier alpha value is -2.13. The molecule has 2 aromatic heterocycles. The molecule has 1 aromatic carbocycles. The van der Waals surface area contributed by atoms with E-state index in [0.29, 0.717) is 0 Å². The van der Waals surface area contributed by atoms with Crippen LogP contribution in [-0.2, 0) is 0 Å². The van der Waals surface area contributed by atoms with Crippen LogP contribution in [0.1, 0.15) is 18.7 Å². The van der Waals surface area contributed by atoms with Crippen molar-refractivity contribution in [1.29, 1.82) is 0 Å². The van der Waals surface area contributed by atoms with E-state index in [1.165, 1.54) is 0 Å². The van der Waals surface area contributed by atoms with E-state index in [0.717, 1.165) is 22.6 Å². The molecule has 0 aliphatic heterocycles. The molecule has 3 aromatic rings. The summed E-state index contributed by atoms with van der Waals surface area (Å²) in [6.07, 6.45) is 1.88. The van der Waals surface area contributed by atoms with Crippen molar-refractivity contribution in [3.63, 3.8) is 0 Å². The quantitative estimate of drug-likeness (QED) is 0.744. The number of fused-ring (bicyclic) bond motifs is 1. The number of aromatic nitrogens is 2. The monoisotopic (exact) mass is 237 g/mol. The molecule has 1 atom stereocenters. The lowest BCUT2D eigenvalue weighted by molar-refractivity contribution is 0.764. The largest absolute Gasteiger partial charge is 0.323 e. The van der Waals surface area contributed by atoms with Crippen LogP contribution < -0.4 is 5.73 Å². The summed E-state index contributed by atoms with van der Waals surface area (Å²) in [5, 5.41) is 0. The average molecular weight is 237 g/mol. The minimum atomic E-state index is -0.0228. The lowest BCUT2D eigenvalue weighted by Gasteiger charge is -2.11. The van der Waals surface area contributed by atoms with E-state index >= 15 is 0 Å². The number of nitrogens with two attached hydrogens (primary N) is 1. The molecule has 0 amide bonds. The van der Waals surface area contributed by atoms with Gasteiger partial charge in [0.1, 0.15) is 5.82 Å². The molecule has 1 unspecified atom stereocenters. The summed E-state index contributed by atoms with van der Waals surface area (Å²) in [6, 6.07) is 16.3. The van der Waals surface area contributed by atoms with Gasteiger partial charge in [-0.05, 0) is 19.1 Å². The fourth-order valence-electron chi connectivity index (χ4n) is 2.22. The standard InChI is InChI=1S/C15H15N3/c1-11(16)14-9-5-8-13-10-17-15(18(13)14)12-6-3-2-4-7-12/h2-11H,16H2,1H3. The van der Waals surface area contributed by atoms with Crippen molar-refractivity contribution in [2.75, 3.05) is 0 Å². The van der Waals surface area contributed by atoms with E-state index < -0.39 is 0 Å². The van der Waals surface area contributed by atoms with Crippen molar-refractivity contribution in [3.05, 3.63) is 60.4 Å². The maximum absolute atomic E-state index is 6.04. The molecule has 18 heavy (non-hydrogen) atoms. The zero-order valence-corrected chi connectivity index (χ0v) is 10.2. The van der Waals surface area contributed by atoms with Crippen molar-refractivity contribution in [2.45, 2.75) is 13.0 Å². The summed E-state index contributed by atoms with van der Waals surface area (Å²) < 4.78 is 2.12. The van der Waals surface area contributed by atoms with E-state index in [-0.39, 0.29) is 6.04 Å². The molecule has 0 saturated carbocycles. The summed E-state index contributed by atoms with van der Waals surface area (Å²) >= 11 is 0. The Labute approximate surface area is 106 Å². The van der Waals surface area contributed by atoms with E-state index in [1.807, 2.05) is 49.5 Å². The highest BCUT2D eigenvalue weighted by molar-refractivity contribution is 5.63. The van der Waals surface area contributed by atoms with Crippen molar-refractivity contribution >= 4 is 5.52 Å². The molecule has 0 radical (unpaired) electrons. The van der Waals surface area contributed by atoms with Crippen LogP contribution in [0.5, 0.6) is 0 Å². The van der Waals surface area contributed by atoms with E-state index in [4.69, 9.17) is 5.73 Å². The molecule has 3 heteroatoms. The Balaban J connectivity index is 2.31. The van der Waals surface area contributed by atoms with Crippen LogP contribution in [0.4, 0.5) is 0 Å². The van der Waals surface area contributed by atoms with Gasteiger partial charge in [-0.3, -0.25) is 4.40 Å². The normalized spacial score (nSPS) is 12.8.